The van der Waals surface area contributed by atoms with Gasteiger partial charge in [0.1, 0.15) is 11.5 Å². The van der Waals surface area contributed by atoms with Crippen LogP contribution in [0.15, 0.2) is 60.7 Å². The maximum absolute atomic E-state index is 9.57. The van der Waals surface area contributed by atoms with Crippen LogP contribution in [0.3, 0.4) is 0 Å². The molecule has 0 unspecified atom stereocenters. The highest BCUT2D eigenvalue weighted by Gasteiger charge is 2.13. The van der Waals surface area contributed by atoms with Crippen LogP contribution >= 0.6 is 0 Å². The van der Waals surface area contributed by atoms with Gasteiger partial charge in [-0.2, -0.15) is 0 Å². The Hall–Kier alpha value is -2.94. The standard InChI is InChI=1S/C20H17NO2/c1-13-3-10-19-18(11-13)17-9-8-16(23-2)12-20(17)21(19)14-4-6-15(22)7-5-14/h3-12,22H,1-2H3. The topological polar surface area (TPSA) is 34.4 Å². The Morgan fingerprint density at radius 2 is 1.61 bits per heavy atom. The number of aromatic hydroxyl groups is 1. The summed E-state index contributed by atoms with van der Waals surface area (Å²) in [4.78, 5) is 0. The second-order valence-corrected chi connectivity index (χ2v) is 5.76. The summed E-state index contributed by atoms with van der Waals surface area (Å²) in [7, 11) is 1.68. The highest BCUT2D eigenvalue weighted by Crippen LogP contribution is 2.34. The third-order valence-electron chi connectivity index (χ3n) is 4.24. The predicted molar refractivity (Wildman–Crippen MR) is 93.7 cm³/mol. The quantitative estimate of drug-likeness (QED) is 0.577. The van der Waals surface area contributed by atoms with Crippen LogP contribution in [0, 0.1) is 6.92 Å². The molecule has 1 aromatic heterocycles. The summed E-state index contributed by atoms with van der Waals surface area (Å²) in [5.74, 6) is 1.10. The molecule has 0 spiro atoms. The molecule has 0 aliphatic rings. The van der Waals surface area contributed by atoms with Crippen LogP contribution in [-0.4, -0.2) is 16.8 Å². The normalized spacial score (nSPS) is 11.2. The number of aromatic nitrogens is 1. The first-order chi connectivity index (χ1) is 11.2. The lowest BCUT2D eigenvalue weighted by Gasteiger charge is -2.08. The molecule has 1 heterocycles. The van der Waals surface area contributed by atoms with E-state index in [2.05, 4.69) is 41.8 Å². The van der Waals surface area contributed by atoms with Crippen molar-refractivity contribution in [2.45, 2.75) is 6.92 Å². The lowest BCUT2D eigenvalue weighted by atomic mass is 10.1. The monoisotopic (exact) mass is 303 g/mol. The lowest BCUT2D eigenvalue weighted by molar-refractivity contribution is 0.415. The zero-order chi connectivity index (χ0) is 16.0. The molecule has 23 heavy (non-hydrogen) atoms. The fraction of sp³-hybridized carbons (Fsp3) is 0.100. The minimum absolute atomic E-state index is 0.267. The predicted octanol–water partition coefficient (Wildman–Crippen LogP) is 4.81. The number of methoxy groups -OCH3 is 1. The van der Waals surface area contributed by atoms with Crippen LogP contribution in [0.2, 0.25) is 0 Å². The molecule has 3 aromatic carbocycles. The van der Waals surface area contributed by atoms with Gasteiger partial charge < -0.3 is 14.4 Å². The van der Waals surface area contributed by atoms with Crippen LogP contribution in [0.5, 0.6) is 11.5 Å². The molecule has 0 fully saturated rings. The van der Waals surface area contributed by atoms with Crippen molar-refractivity contribution in [3.8, 4) is 17.2 Å². The SMILES string of the molecule is COc1ccc2c3cc(C)ccc3n(-c3ccc(O)cc3)c2c1. The average Bonchev–Trinajstić information content (AvgIpc) is 2.88. The van der Waals surface area contributed by atoms with E-state index in [-0.39, 0.29) is 5.75 Å². The van der Waals surface area contributed by atoms with Gasteiger partial charge in [-0.3, -0.25) is 0 Å². The number of phenols is 1. The molecule has 0 atom stereocenters. The number of aryl methyl sites for hydroxylation is 1. The van der Waals surface area contributed by atoms with E-state index in [9.17, 15) is 5.11 Å². The van der Waals surface area contributed by atoms with E-state index in [1.165, 1.54) is 16.3 Å². The van der Waals surface area contributed by atoms with Crippen molar-refractivity contribution in [2.24, 2.45) is 0 Å². The van der Waals surface area contributed by atoms with E-state index in [0.717, 1.165) is 22.5 Å². The summed E-state index contributed by atoms with van der Waals surface area (Å²) in [6.45, 7) is 2.10. The van der Waals surface area contributed by atoms with Crippen molar-refractivity contribution in [3.63, 3.8) is 0 Å². The Balaban J connectivity index is 2.15. The van der Waals surface area contributed by atoms with Gasteiger partial charge in [-0.25, -0.2) is 0 Å². The van der Waals surface area contributed by atoms with E-state index in [1.54, 1.807) is 19.2 Å². The van der Waals surface area contributed by atoms with Crippen LogP contribution in [0.25, 0.3) is 27.5 Å². The van der Waals surface area contributed by atoms with Crippen LogP contribution in [0.4, 0.5) is 0 Å². The molecule has 1 N–H and O–H groups in total. The van der Waals surface area contributed by atoms with Crippen LogP contribution < -0.4 is 4.74 Å². The molecule has 0 aliphatic carbocycles. The average molecular weight is 303 g/mol. The third-order valence-corrected chi connectivity index (χ3v) is 4.24. The maximum Gasteiger partial charge on any atom is 0.120 e. The Labute approximate surface area is 134 Å². The van der Waals surface area contributed by atoms with Crippen molar-refractivity contribution in [1.82, 2.24) is 4.57 Å². The van der Waals surface area contributed by atoms with E-state index in [0.29, 0.717) is 0 Å². The Bertz CT molecular complexity index is 1010. The van der Waals surface area contributed by atoms with E-state index >= 15 is 0 Å². The first kappa shape index (κ1) is 13.7. The van der Waals surface area contributed by atoms with Crippen molar-refractivity contribution < 1.29 is 9.84 Å². The molecule has 3 heteroatoms. The Morgan fingerprint density at radius 1 is 0.826 bits per heavy atom. The zero-order valence-corrected chi connectivity index (χ0v) is 13.1. The molecule has 4 aromatic rings. The summed E-state index contributed by atoms with van der Waals surface area (Å²) in [6, 6.07) is 19.9. The summed E-state index contributed by atoms with van der Waals surface area (Å²) in [5, 5.41) is 12.0. The fourth-order valence-electron chi connectivity index (χ4n) is 3.12. The molecule has 0 bridgehead atoms. The van der Waals surface area contributed by atoms with Gasteiger partial charge in [0, 0.05) is 22.5 Å². The summed E-state index contributed by atoms with van der Waals surface area (Å²) in [6.07, 6.45) is 0. The first-order valence-corrected chi connectivity index (χ1v) is 7.55. The molecule has 0 saturated carbocycles. The Kier molecular flexibility index (Phi) is 3.01. The number of phenolic OH excluding ortho intramolecular Hbond substituents is 1. The smallest absolute Gasteiger partial charge is 0.120 e. The van der Waals surface area contributed by atoms with Crippen molar-refractivity contribution in [3.05, 3.63) is 66.2 Å². The number of hydrogen-bond acceptors (Lipinski definition) is 2. The molecule has 0 aliphatic heterocycles. The van der Waals surface area contributed by atoms with Gasteiger partial charge in [-0.15, -0.1) is 0 Å². The van der Waals surface area contributed by atoms with Crippen molar-refractivity contribution >= 4 is 21.8 Å². The highest BCUT2D eigenvalue weighted by molar-refractivity contribution is 6.09. The molecule has 114 valence electrons. The maximum atomic E-state index is 9.57. The van der Waals surface area contributed by atoms with Gasteiger partial charge in [0.2, 0.25) is 0 Å². The van der Waals surface area contributed by atoms with Gasteiger partial charge >= 0.3 is 0 Å². The minimum Gasteiger partial charge on any atom is -0.508 e. The Morgan fingerprint density at radius 3 is 2.35 bits per heavy atom. The van der Waals surface area contributed by atoms with Crippen molar-refractivity contribution in [2.75, 3.05) is 7.11 Å². The summed E-state index contributed by atoms with van der Waals surface area (Å²) < 4.78 is 7.60. The minimum atomic E-state index is 0.267. The molecular formula is C20H17NO2. The molecule has 3 nitrogen and oxygen atoms in total. The molecule has 4 rings (SSSR count). The van der Waals surface area contributed by atoms with Gasteiger partial charge in [-0.1, -0.05) is 11.6 Å². The fourth-order valence-corrected chi connectivity index (χ4v) is 3.12. The summed E-state index contributed by atoms with van der Waals surface area (Å²) >= 11 is 0. The molecule has 0 amide bonds. The van der Waals surface area contributed by atoms with Crippen LogP contribution in [0.1, 0.15) is 5.56 Å². The van der Waals surface area contributed by atoms with Gasteiger partial charge in [0.05, 0.1) is 18.1 Å². The second kappa shape index (κ2) is 5.06. The van der Waals surface area contributed by atoms with Gasteiger partial charge in [0.15, 0.2) is 0 Å². The van der Waals surface area contributed by atoms with E-state index < -0.39 is 0 Å². The summed E-state index contributed by atoms with van der Waals surface area (Å²) in [5.41, 5.74) is 4.48. The number of benzene rings is 3. The number of rotatable bonds is 2. The van der Waals surface area contributed by atoms with Gasteiger partial charge in [-0.05, 0) is 55.5 Å². The number of ether oxygens (including phenoxy) is 1. The number of fused-ring (bicyclic) bond motifs is 3. The van der Waals surface area contributed by atoms with Crippen molar-refractivity contribution in [1.29, 1.82) is 0 Å². The lowest BCUT2D eigenvalue weighted by Crippen LogP contribution is -1.93. The number of hydrogen-bond donors (Lipinski definition) is 1. The third kappa shape index (κ3) is 2.13. The van der Waals surface area contributed by atoms with Crippen LogP contribution in [-0.2, 0) is 0 Å². The highest BCUT2D eigenvalue weighted by atomic mass is 16.5. The second-order valence-electron chi connectivity index (χ2n) is 5.76. The van der Waals surface area contributed by atoms with E-state index in [1.807, 2.05) is 18.2 Å². The van der Waals surface area contributed by atoms with Gasteiger partial charge in [0.25, 0.3) is 0 Å². The first-order valence-electron chi connectivity index (χ1n) is 7.55. The largest absolute Gasteiger partial charge is 0.508 e. The molecule has 0 saturated heterocycles. The molecular weight excluding hydrogens is 286 g/mol. The number of nitrogens with zero attached hydrogens (tertiary/aromatic N) is 1. The molecule has 0 radical (unpaired) electrons. The zero-order valence-electron chi connectivity index (χ0n) is 13.1. The van der Waals surface area contributed by atoms with E-state index in [4.69, 9.17) is 4.74 Å².